The average Bonchev–Trinajstić information content (AvgIpc) is 2.68. The van der Waals surface area contributed by atoms with Gasteiger partial charge in [0.1, 0.15) is 5.60 Å². The second kappa shape index (κ2) is 7.28. The highest BCUT2D eigenvalue weighted by Crippen LogP contribution is 2.07. The van der Waals surface area contributed by atoms with E-state index in [1.54, 1.807) is 0 Å². The molecular formula is C14H25N3O3. The maximum Gasteiger partial charge on any atom is 0.407 e. The van der Waals surface area contributed by atoms with Gasteiger partial charge in [-0.15, -0.1) is 0 Å². The minimum absolute atomic E-state index is 0.369. The molecule has 0 saturated carbocycles. The molecule has 0 aliphatic rings. The van der Waals surface area contributed by atoms with Crippen LogP contribution in [-0.2, 0) is 11.3 Å². The van der Waals surface area contributed by atoms with Crippen molar-refractivity contribution in [1.82, 2.24) is 15.4 Å². The number of aromatic nitrogens is 1. The zero-order valence-electron chi connectivity index (χ0n) is 13.0. The van der Waals surface area contributed by atoms with Crippen molar-refractivity contribution in [2.75, 3.05) is 20.1 Å². The lowest BCUT2D eigenvalue weighted by Crippen LogP contribution is -2.34. The van der Waals surface area contributed by atoms with Crippen molar-refractivity contribution in [1.29, 1.82) is 0 Å². The number of nitrogens with zero attached hydrogens (tertiary/aromatic N) is 2. The van der Waals surface area contributed by atoms with Crippen molar-refractivity contribution in [2.24, 2.45) is 0 Å². The van der Waals surface area contributed by atoms with Crippen LogP contribution in [0.25, 0.3) is 0 Å². The van der Waals surface area contributed by atoms with Gasteiger partial charge < -0.3 is 14.6 Å². The Morgan fingerprint density at radius 3 is 2.75 bits per heavy atom. The summed E-state index contributed by atoms with van der Waals surface area (Å²) in [4.78, 5) is 13.5. The lowest BCUT2D eigenvalue weighted by molar-refractivity contribution is 0.0525. The Balaban J connectivity index is 2.13. The Hall–Kier alpha value is -1.56. The van der Waals surface area contributed by atoms with E-state index in [4.69, 9.17) is 9.26 Å². The van der Waals surface area contributed by atoms with E-state index in [2.05, 4.69) is 15.4 Å². The van der Waals surface area contributed by atoms with Gasteiger partial charge in [-0.1, -0.05) is 5.16 Å². The topological polar surface area (TPSA) is 67.6 Å². The van der Waals surface area contributed by atoms with Crippen LogP contribution in [-0.4, -0.2) is 41.9 Å². The molecule has 1 aromatic rings. The molecule has 1 aromatic heterocycles. The maximum atomic E-state index is 11.4. The van der Waals surface area contributed by atoms with Gasteiger partial charge in [0.2, 0.25) is 0 Å². The van der Waals surface area contributed by atoms with Crippen molar-refractivity contribution < 1.29 is 14.1 Å². The summed E-state index contributed by atoms with van der Waals surface area (Å²) in [5, 5.41) is 6.59. The van der Waals surface area contributed by atoms with Crippen LogP contribution in [0.2, 0.25) is 0 Å². The van der Waals surface area contributed by atoms with Crippen LogP contribution < -0.4 is 5.32 Å². The third kappa shape index (κ3) is 7.13. The van der Waals surface area contributed by atoms with Crippen LogP contribution in [0.4, 0.5) is 4.79 Å². The number of amides is 1. The van der Waals surface area contributed by atoms with Gasteiger partial charge in [0.05, 0.1) is 12.2 Å². The number of ether oxygens (including phenoxy) is 1. The van der Waals surface area contributed by atoms with Gasteiger partial charge in [-0.25, -0.2) is 4.79 Å². The predicted molar refractivity (Wildman–Crippen MR) is 76.4 cm³/mol. The molecule has 0 atom stereocenters. The summed E-state index contributed by atoms with van der Waals surface area (Å²) < 4.78 is 10.3. The number of alkyl carbamates (subject to hydrolysis) is 1. The molecular weight excluding hydrogens is 258 g/mol. The van der Waals surface area contributed by atoms with E-state index in [9.17, 15) is 4.79 Å². The standard InChI is InChI=1S/C14H25N3O3/c1-11-9-12(20-16-11)10-17(5)8-6-7-15-13(18)19-14(2,3)4/h9H,6-8,10H2,1-5H3,(H,15,18). The predicted octanol–water partition coefficient (Wildman–Crippen LogP) is 2.33. The van der Waals surface area contributed by atoms with E-state index in [1.165, 1.54) is 0 Å². The van der Waals surface area contributed by atoms with E-state index in [-0.39, 0.29) is 6.09 Å². The first-order valence-electron chi connectivity index (χ1n) is 6.84. The second-order valence-electron chi connectivity index (χ2n) is 5.95. The highest BCUT2D eigenvalue weighted by Gasteiger charge is 2.15. The van der Waals surface area contributed by atoms with Crippen LogP contribution in [0, 0.1) is 6.92 Å². The summed E-state index contributed by atoms with van der Waals surface area (Å²) in [6, 6.07) is 1.93. The van der Waals surface area contributed by atoms with Crippen LogP contribution in [0.1, 0.15) is 38.6 Å². The Bertz CT molecular complexity index is 424. The first-order chi connectivity index (χ1) is 9.26. The SMILES string of the molecule is Cc1cc(CN(C)CCCNC(=O)OC(C)(C)C)on1. The molecule has 0 radical (unpaired) electrons. The maximum absolute atomic E-state index is 11.4. The number of hydrogen-bond donors (Lipinski definition) is 1. The highest BCUT2D eigenvalue weighted by atomic mass is 16.6. The summed E-state index contributed by atoms with van der Waals surface area (Å²) in [6.07, 6.45) is 0.481. The van der Waals surface area contributed by atoms with Crippen LogP contribution in [0.5, 0.6) is 0 Å². The molecule has 1 amide bonds. The number of hydrogen-bond acceptors (Lipinski definition) is 5. The molecule has 0 saturated heterocycles. The van der Waals surface area contributed by atoms with E-state index >= 15 is 0 Å². The summed E-state index contributed by atoms with van der Waals surface area (Å²) in [7, 11) is 2.01. The van der Waals surface area contributed by atoms with E-state index < -0.39 is 5.60 Å². The summed E-state index contributed by atoms with van der Waals surface area (Å²) >= 11 is 0. The zero-order valence-corrected chi connectivity index (χ0v) is 13.0. The second-order valence-corrected chi connectivity index (χ2v) is 5.95. The largest absolute Gasteiger partial charge is 0.444 e. The number of carbonyl (C=O) groups excluding carboxylic acids is 1. The Morgan fingerprint density at radius 2 is 2.20 bits per heavy atom. The van der Waals surface area contributed by atoms with Gasteiger partial charge in [0, 0.05) is 12.6 Å². The lowest BCUT2D eigenvalue weighted by Gasteiger charge is -2.20. The Kier molecular flexibility index (Phi) is 6.01. The van der Waals surface area contributed by atoms with Crippen molar-refractivity contribution in [2.45, 2.75) is 46.3 Å². The number of carbonyl (C=O) groups is 1. The van der Waals surface area contributed by atoms with Crippen LogP contribution >= 0.6 is 0 Å². The smallest absolute Gasteiger partial charge is 0.407 e. The zero-order chi connectivity index (χ0) is 15.2. The molecule has 0 unspecified atom stereocenters. The fourth-order valence-electron chi connectivity index (χ4n) is 1.69. The molecule has 6 nitrogen and oxygen atoms in total. The molecule has 1 rings (SSSR count). The molecule has 1 N–H and O–H groups in total. The minimum Gasteiger partial charge on any atom is -0.444 e. The molecule has 0 spiro atoms. The quantitative estimate of drug-likeness (QED) is 0.812. The van der Waals surface area contributed by atoms with E-state index in [0.29, 0.717) is 13.1 Å². The summed E-state index contributed by atoms with van der Waals surface area (Å²) in [6.45, 7) is 9.61. The number of nitrogens with one attached hydrogen (secondary N) is 1. The molecule has 114 valence electrons. The fraction of sp³-hybridized carbons (Fsp3) is 0.714. The van der Waals surface area contributed by atoms with Crippen molar-refractivity contribution in [3.63, 3.8) is 0 Å². The number of aryl methyl sites for hydroxylation is 1. The highest BCUT2D eigenvalue weighted by molar-refractivity contribution is 5.67. The first-order valence-corrected chi connectivity index (χ1v) is 6.84. The lowest BCUT2D eigenvalue weighted by atomic mass is 10.2. The summed E-state index contributed by atoms with van der Waals surface area (Å²) in [5.41, 5.74) is 0.436. The minimum atomic E-state index is -0.453. The first kappa shape index (κ1) is 16.5. The monoisotopic (exact) mass is 283 g/mol. The molecule has 0 fully saturated rings. The molecule has 20 heavy (non-hydrogen) atoms. The van der Waals surface area contributed by atoms with Crippen LogP contribution in [0.3, 0.4) is 0 Å². The molecule has 0 aromatic carbocycles. The average molecular weight is 283 g/mol. The normalized spacial score (nSPS) is 11.7. The van der Waals surface area contributed by atoms with Gasteiger partial charge in [0.15, 0.2) is 5.76 Å². The number of rotatable bonds is 6. The van der Waals surface area contributed by atoms with Gasteiger partial charge in [-0.3, -0.25) is 4.90 Å². The third-order valence-electron chi connectivity index (χ3n) is 2.49. The van der Waals surface area contributed by atoms with Crippen molar-refractivity contribution >= 4 is 6.09 Å². The third-order valence-corrected chi connectivity index (χ3v) is 2.49. The van der Waals surface area contributed by atoms with Crippen LogP contribution in [0.15, 0.2) is 10.6 Å². The van der Waals surface area contributed by atoms with Crippen molar-refractivity contribution in [3.05, 3.63) is 17.5 Å². The summed E-state index contributed by atoms with van der Waals surface area (Å²) in [5.74, 6) is 0.852. The molecule has 0 aliphatic carbocycles. The Morgan fingerprint density at radius 1 is 1.50 bits per heavy atom. The van der Waals surface area contributed by atoms with Crippen molar-refractivity contribution in [3.8, 4) is 0 Å². The fourth-order valence-corrected chi connectivity index (χ4v) is 1.69. The van der Waals surface area contributed by atoms with Gasteiger partial charge in [0.25, 0.3) is 0 Å². The van der Waals surface area contributed by atoms with Gasteiger partial charge in [-0.2, -0.15) is 0 Å². The molecule has 6 heteroatoms. The molecule has 1 heterocycles. The van der Waals surface area contributed by atoms with E-state index in [0.717, 1.165) is 24.4 Å². The van der Waals surface area contributed by atoms with Gasteiger partial charge >= 0.3 is 6.09 Å². The Labute approximate surface area is 120 Å². The van der Waals surface area contributed by atoms with Gasteiger partial charge in [-0.05, 0) is 47.7 Å². The molecule has 0 aliphatic heterocycles. The van der Waals surface area contributed by atoms with E-state index in [1.807, 2.05) is 40.8 Å². The molecule has 0 bridgehead atoms.